The highest BCUT2D eigenvalue weighted by Crippen LogP contribution is 2.26. The molecule has 0 saturated heterocycles. The summed E-state index contributed by atoms with van der Waals surface area (Å²) in [6, 6.07) is 1.25. The number of hydrogen-bond acceptors (Lipinski definition) is 4. The van der Waals surface area contributed by atoms with E-state index in [4.69, 9.17) is 10.2 Å². The van der Waals surface area contributed by atoms with Crippen molar-refractivity contribution in [1.82, 2.24) is 0 Å². The highest BCUT2D eigenvalue weighted by Gasteiger charge is 2.28. The first kappa shape index (κ1) is 13.5. The van der Waals surface area contributed by atoms with Crippen LogP contribution in [0.3, 0.4) is 0 Å². The van der Waals surface area contributed by atoms with Crippen LogP contribution in [-0.4, -0.2) is 30.9 Å². The average molecular weight is 266 g/mol. The van der Waals surface area contributed by atoms with Gasteiger partial charge in [-0.25, -0.2) is 22.0 Å². The Bertz CT molecular complexity index is 567. The number of rotatable bonds is 3. The fourth-order valence-corrected chi connectivity index (χ4v) is 1.96. The minimum absolute atomic E-state index is 0.584. The van der Waals surface area contributed by atoms with Gasteiger partial charge in [-0.2, -0.15) is 0 Å². The lowest BCUT2D eigenvalue weighted by molar-refractivity contribution is -0.147. The Kier molecular flexibility index (Phi) is 3.48. The Morgan fingerprint density at radius 1 is 1.35 bits per heavy atom. The fourth-order valence-electron chi connectivity index (χ4n) is 1.21. The predicted molar refractivity (Wildman–Crippen MR) is 52.1 cm³/mol. The first-order valence-electron chi connectivity index (χ1n) is 4.25. The molecule has 5 nitrogen and oxygen atoms in total. The van der Waals surface area contributed by atoms with Gasteiger partial charge in [-0.3, -0.25) is 0 Å². The van der Waals surface area contributed by atoms with Crippen LogP contribution in [0, 0.1) is 11.6 Å². The molecular formula is C9H8F2O5S. The first-order valence-corrected chi connectivity index (χ1v) is 6.14. The molecule has 1 atom stereocenters. The molecule has 0 aromatic heterocycles. The molecule has 1 rings (SSSR count). The number of aliphatic hydroxyl groups is 1. The van der Waals surface area contributed by atoms with Gasteiger partial charge in [0.1, 0.15) is 10.7 Å². The monoisotopic (exact) mass is 266 g/mol. The molecule has 0 aliphatic heterocycles. The van der Waals surface area contributed by atoms with Gasteiger partial charge in [0, 0.05) is 6.26 Å². The highest BCUT2D eigenvalue weighted by atomic mass is 32.2. The molecule has 17 heavy (non-hydrogen) atoms. The molecule has 0 spiro atoms. The van der Waals surface area contributed by atoms with E-state index >= 15 is 0 Å². The van der Waals surface area contributed by atoms with E-state index in [1.807, 2.05) is 0 Å². The Morgan fingerprint density at radius 3 is 2.29 bits per heavy atom. The second-order valence-electron chi connectivity index (χ2n) is 3.29. The zero-order valence-corrected chi connectivity index (χ0v) is 9.33. The van der Waals surface area contributed by atoms with Crippen molar-refractivity contribution < 1.29 is 32.2 Å². The summed E-state index contributed by atoms with van der Waals surface area (Å²) >= 11 is 0. The predicted octanol–water partition coefficient (Wildman–Crippen LogP) is 0.486. The highest BCUT2D eigenvalue weighted by molar-refractivity contribution is 7.90. The maximum absolute atomic E-state index is 13.6. The maximum atomic E-state index is 13.6. The fraction of sp³-hybridized carbons (Fsp3) is 0.222. The van der Waals surface area contributed by atoms with Gasteiger partial charge in [-0.15, -0.1) is 0 Å². The van der Waals surface area contributed by atoms with Crippen LogP contribution in [0.15, 0.2) is 17.0 Å². The van der Waals surface area contributed by atoms with Crippen molar-refractivity contribution in [3.63, 3.8) is 0 Å². The Morgan fingerprint density at radius 2 is 1.88 bits per heavy atom. The quantitative estimate of drug-likeness (QED) is 0.777. The van der Waals surface area contributed by atoms with E-state index < -0.39 is 44.0 Å². The number of sulfone groups is 1. The first-order chi connectivity index (χ1) is 7.66. The summed E-state index contributed by atoms with van der Waals surface area (Å²) in [5, 5.41) is 17.5. The summed E-state index contributed by atoms with van der Waals surface area (Å²) in [7, 11) is -3.98. The molecule has 0 amide bonds. The van der Waals surface area contributed by atoms with E-state index in [0.29, 0.717) is 18.4 Å². The van der Waals surface area contributed by atoms with E-state index in [2.05, 4.69) is 0 Å². The van der Waals surface area contributed by atoms with Crippen molar-refractivity contribution >= 4 is 15.8 Å². The second-order valence-corrected chi connectivity index (χ2v) is 5.27. The smallest absolute Gasteiger partial charge is 0.337 e. The number of benzene rings is 1. The average Bonchev–Trinajstić information content (AvgIpc) is 2.14. The third-order valence-electron chi connectivity index (χ3n) is 2.00. The lowest BCUT2D eigenvalue weighted by Crippen LogP contribution is -2.16. The summed E-state index contributed by atoms with van der Waals surface area (Å²) in [6.45, 7) is 0. The van der Waals surface area contributed by atoms with Gasteiger partial charge in [0.15, 0.2) is 21.8 Å². The van der Waals surface area contributed by atoms with Crippen LogP contribution in [0.1, 0.15) is 11.7 Å². The topological polar surface area (TPSA) is 91.7 Å². The number of carboxylic acids is 1. The largest absolute Gasteiger partial charge is 0.479 e. The van der Waals surface area contributed by atoms with E-state index in [9.17, 15) is 22.0 Å². The van der Waals surface area contributed by atoms with E-state index in [1.165, 1.54) is 0 Å². The minimum atomic E-state index is -3.98. The van der Waals surface area contributed by atoms with Crippen molar-refractivity contribution in [2.45, 2.75) is 11.0 Å². The van der Waals surface area contributed by atoms with Crippen molar-refractivity contribution in [1.29, 1.82) is 0 Å². The number of carboxylic acid groups (broad SMARTS) is 1. The third-order valence-corrected chi connectivity index (χ3v) is 3.11. The Labute approximate surface area is 95.2 Å². The summed E-state index contributed by atoms with van der Waals surface area (Å²) in [4.78, 5) is 9.57. The van der Waals surface area contributed by atoms with Crippen LogP contribution in [-0.2, 0) is 14.6 Å². The van der Waals surface area contributed by atoms with Crippen LogP contribution in [0.2, 0.25) is 0 Å². The molecule has 0 fully saturated rings. The molecule has 1 aromatic rings. The van der Waals surface area contributed by atoms with Gasteiger partial charge < -0.3 is 10.2 Å². The van der Waals surface area contributed by atoms with Gasteiger partial charge in [0.2, 0.25) is 0 Å². The lowest BCUT2D eigenvalue weighted by Gasteiger charge is -2.10. The zero-order valence-electron chi connectivity index (χ0n) is 8.52. The number of aliphatic hydroxyl groups excluding tert-OH is 1. The Hall–Kier alpha value is -1.54. The van der Waals surface area contributed by atoms with Crippen molar-refractivity contribution in [2.24, 2.45) is 0 Å². The Balaban J connectivity index is 3.57. The van der Waals surface area contributed by atoms with Crippen LogP contribution >= 0.6 is 0 Å². The van der Waals surface area contributed by atoms with Gasteiger partial charge in [0.25, 0.3) is 0 Å². The molecule has 0 saturated carbocycles. The standard InChI is InChI=1S/C9H8F2O5S/c1-17(15,16)5-3-2-4(10)6(7(5)11)8(12)9(13)14/h2-3,8,12H,1H3,(H,13,14). The van der Waals surface area contributed by atoms with Gasteiger partial charge in [-0.1, -0.05) is 0 Å². The SMILES string of the molecule is CS(=O)(=O)c1ccc(F)c(C(O)C(=O)O)c1F. The van der Waals surface area contributed by atoms with Crippen molar-refractivity contribution in [3.8, 4) is 0 Å². The number of aliphatic carboxylic acids is 1. The van der Waals surface area contributed by atoms with E-state index in [0.717, 1.165) is 0 Å². The summed E-state index contributed by atoms with van der Waals surface area (Å²) in [6.07, 6.45) is -1.78. The minimum Gasteiger partial charge on any atom is -0.479 e. The van der Waals surface area contributed by atoms with Gasteiger partial charge >= 0.3 is 5.97 Å². The summed E-state index contributed by atoms with van der Waals surface area (Å²) in [5.41, 5.74) is -1.19. The van der Waals surface area contributed by atoms with Crippen LogP contribution in [0.4, 0.5) is 8.78 Å². The molecule has 2 N–H and O–H groups in total. The van der Waals surface area contributed by atoms with Crippen LogP contribution < -0.4 is 0 Å². The van der Waals surface area contributed by atoms with Crippen molar-refractivity contribution in [3.05, 3.63) is 29.3 Å². The van der Waals surface area contributed by atoms with Crippen LogP contribution in [0.5, 0.6) is 0 Å². The third kappa shape index (κ3) is 2.59. The summed E-state index contributed by atoms with van der Waals surface area (Å²) < 4.78 is 49.0. The molecule has 0 bridgehead atoms. The van der Waals surface area contributed by atoms with Gasteiger partial charge in [0.05, 0.1) is 5.56 Å². The molecule has 8 heteroatoms. The summed E-state index contributed by atoms with van der Waals surface area (Å²) in [5.74, 6) is -4.80. The second kappa shape index (κ2) is 4.38. The molecule has 0 heterocycles. The lowest BCUT2D eigenvalue weighted by atomic mass is 10.1. The molecule has 94 valence electrons. The van der Waals surface area contributed by atoms with Crippen LogP contribution in [0.25, 0.3) is 0 Å². The number of carbonyl (C=O) groups is 1. The molecule has 1 aromatic carbocycles. The van der Waals surface area contributed by atoms with Gasteiger partial charge in [-0.05, 0) is 12.1 Å². The number of hydrogen-bond donors (Lipinski definition) is 2. The zero-order chi connectivity index (χ0) is 13.4. The van der Waals surface area contributed by atoms with E-state index in [-0.39, 0.29) is 0 Å². The van der Waals surface area contributed by atoms with E-state index in [1.54, 1.807) is 0 Å². The maximum Gasteiger partial charge on any atom is 0.337 e. The molecular weight excluding hydrogens is 258 g/mol. The normalized spacial score (nSPS) is 13.4. The number of halogens is 2. The molecule has 0 aliphatic rings. The molecule has 0 aliphatic carbocycles. The molecule has 0 radical (unpaired) electrons. The van der Waals surface area contributed by atoms with Crippen molar-refractivity contribution in [2.75, 3.05) is 6.26 Å². The molecule has 1 unspecified atom stereocenters.